The Balaban J connectivity index is 1.37. The number of aryl methyl sites for hydroxylation is 1. The standard InChI is InChI=1S/C27H26N2O2/c1-17-6-12-24-23(14-17)21-4-3-5-22(21)27(29-24)19-8-10-20(11-9-19)28-16-18-7-13-25(30)26(15-18)31-2/h3-4,6-16,21-22,27,29-30H,5H2,1-2H3/t21-,22+,27+/m1/s1. The number of allylic oxidation sites excluding steroid dienone is 2. The molecular formula is C27H26N2O2. The van der Waals surface area contributed by atoms with E-state index in [2.05, 4.69) is 71.8 Å². The van der Waals surface area contributed by atoms with Gasteiger partial charge in [0.2, 0.25) is 0 Å². The Labute approximate surface area is 182 Å². The van der Waals surface area contributed by atoms with Crippen molar-refractivity contribution in [1.82, 2.24) is 0 Å². The molecule has 1 aliphatic heterocycles. The van der Waals surface area contributed by atoms with E-state index in [4.69, 9.17) is 4.74 Å². The van der Waals surface area contributed by atoms with Crippen LogP contribution in [0.2, 0.25) is 0 Å². The number of aromatic hydroxyl groups is 1. The average Bonchev–Trinajstić information content (AvgIpc) is 3.29. The second kappa shape index (κ2) is 7.95. The number of rotatable bonds is 4. The monoisotopic (exact) mass is 410 g/mol. The highest BCUT2D eigenvalue weighted by Crippen LogP contribution is 2.50. The number of nitrogens with zero attached hydrogens (tertiary/aromatic N) is 1. The molecule has 5 rings (SSSR count). The first-order valence-electron chi connectivity index (χ1n) is 10.7. The lowest BCUT2D eigenvalue weighted by atomic mass is 9.76. The number of aliphatic imine (C=N–C) groups is 1. The lowest BCUT2D eigenvalue weighted by Gasteiger charge is -2.37. The summed E-state index contributed by atoms with van der Waals surface area (Å²) < 4.78 is 5.16. The van der Waals surface area contributed by atoms with Crippen LogP contribution in [0, 0.1) is 12.8 Å². The quantitative estimate of drug-likeness (QED) is 0.393. The first kappa shape index (κ1) is 19.4. The van der Waals surface area contributed by atoms with Crippen molar-refractivity contribution in [2.75, 3.05) is 12.4 Å². The average molecular weight is 411 g/mol. The predicted molar refractivity (Wildman–Crippen MR) is 126 cm³/mol. The Morgan fingerprint density at radius 2 is 1.90 bits per heavy atom. The Morgan fingerprint density at radius 1 is 1.06 bits per heavy atom. The van der Waals surface area contributed by atoms with Crippen molar-refractivity contribution >= 4 is 17.6 Å². The number of phenols is 1. The molecule has 3 aromatic rings. The lowest BCUT2D eigenvalue weighted by molar-refractivity contribution is 0.373. The highest BCUT2D eigenvalue weighted by Gasteiger charge is 2.37. The van der Waals surface area contributed by atoms with Gasteiger partial charge in [-0.15, -0.1) is 0 Å². The van der Waals surface area contributed by atoms with Crippen LogP contribution in [0.3, 0.4) is 0 Å². The summed E-state index contributed by atoms with van der Waals surface area (Å²) in [5, 5.41) is 13.5. The first-order valence-corrected chi connectivity index (χ1v) is 10.7. The van der Waals surface area contributed by atoms with Crippen molar-refractivity contribution in [2.24, 2.45) is 10.9 Å². The smallest absolute Gasteiger partial charge is 0.161 e. The molecule has 0 saturated heterocycles. The normalized spacial score (nSPS) is 21.5. The summed E-state index contributed by atoms with van der Waals surface area (Å²) in [6.45, 7) is 2.16. The van der Waals surface area contributed by atoms with Crippen LogP contribution in [0.4, 0.5) is 11.4 Å². The maximum atomic E-state index is 9.73. The minimum atomic E-state index is 0.125. The molecule has 0 fully saturated rings. The minimum Gasteiger partial charge on any atom is -0.504 e. The minimum absolute atomic E-state index is 0.125. The zero-order valence-corrected chi connectivity index (χ0v) is 17.7. The van der Waals surface area contributed by atoms with Crippen molar-refractivity contribution in [2.45, 2.75) is 25.3 Å². The number of hydrogen-bond acceptors (Lipinski definition) is 4. The SMILES string of the molecule is COc1cc(C=Nc2ccc([C@@H]3Nc4ccc(C)cc4[C@@H]4C=CC[C@@H]43)cc2)ccc1O. The van der Waals surface area contributed by atoms with Gasteiger partial charge in [0, 0.05) is 17.8 Å². The summed E-state index contributed by atoms with van der Waals surface area (Å²) in [5.41, 5.74) is 7.03. The number of nitrogens with one attached hydrogen (secondary N) is 1. The molecule has 3 atom stereocenters. The van der Waals surface area contributed by atoms with Gasteiger partial charge < -0.3 is 15.2 Å². The third-order valence-electron chi connectivity index (χ3n) is 6.34. The summed E-state index contributed by atoms with van der Waals surface area (Å²) in [5.74, 6) is 1.58. The van der Waals surface area contributed by atoms with Gasteiger partial charge in [-0.2, -0.15) is 0 Å². The molecule has 0 saturated carbocycles. The van der Waals surface area contributed by atoms with Crippen LogP contribution in [-0.2, 0) is 0 Å². The molecule has 0 bridgehead atoms. The second-order valence-electron chi connectivity index (χ2n) is 8.35. The molecule has 0 amide bonds. The summed E-state index contributed by atoms with van der Waals surface area (Å²) in [6, 6.07) is 20.7. The van der Waals surface area contributed by atoms with Crippen LogP contribution in [0.25, 0.3) is 0 Å². The van der Waals surface area contributed by atoms with Gasteiger partial charge in [-0.1, -0.05) is 42.0 Å². The summed E-state index contributed by atoms with van der Waals surface area (Å²) in [6.07, 6.45) is 7.58. The Morgan fingerprint density at radius 3 is 2.71 bits per heavy atom. The molecular weight excluding hydrogens is 384 g/mol. The van der Waals surface area contributed by atoms with Crippen molar-refractivity contribution < 1.29 is 9.84 Å². The number of anilines is 1. The Kier molecular flexibility index (Phi) is 4.99. The fraction of sp³-hybridized carbons (Fsp3) is 0.222. The maximum Gasteiger partial charge on any atom is 0.161 e. The molecule has 4 heteroatoms. The lowest BCUT2D eigenvalue weighted by Crippen LogP contribution is -2.29. The summed E-state index contributed by atoms with van der Waals surface area (Å²) in [7, 11) is 1.54. The van der Waals surface area contributed by atoms with E-state index in [0.29, 0.717) is 17.6 Å². The summed E-state index contributed by atoms with van der Waals surface area (Å²) in [4.78, 5) is 4.58. The first-order chi connectivity index (χ1) is 15.1. The van der Waals surface area contributed by atoms with Crippen molar-refractivity contribution in [3.05, 3.63) is 95.1 Å². The molecule has 4 nitrogen and oxygen atoms in total. The number of benzene rings is 3. The molecule has 0 radical (unpaired) electrons. The van der Waals surface area contributed by atoms with E-state index in [9.17, 15) is 5.11 Å². The van der Waals surface area contributed by atoms with E-state index in [-0.39, 0.29) is 11.8 Å². The fourth-order valence-corrected chi connectivity index (χ4v) is 4.74. The van der Waals surface area contributed by atoms with Gasteiger partial charge in [-0.05, 0) is 72.4 Å². The van der Waals surface area contributed by atoms with Crippen LogP contribution < -0.4 is 10.1 Å². The van der Waals surface area contributed by atoms with E-state index in [0.717, 1.165) is 17.7 Å². The molecule has 0 aromatic heterocycles. The topological polar surface area (TPSA) is 53.8 Å². The molecule has 1 aliphatic carbocycles. The van der Waals surface area contributed by atoms with Crippen LogP contribution in [0.5, 0.6) is 11.5 Å². The third-order valence-corrected chi connectivity index (χ3v) is 6.34. The predicted octanol–water partition coefficient (Wildman–Crippen LogP) is 6.29. The van der Waals surface area contributed by atoms with E-state index in [1.54, 1.807) is 18.3 Å². The van der Waals surface area contributed by atoms with Gasteiger partial charge in [0.1, 0.15) is 0 Å². The van der Waals surface area contributed by atoms with Crippen LogP contribution in [0.15, 0.2) is 77.8 Å². The highest BCUT2D eigenvalue weighted by molar-refractivity contribution is 5.83. The van der Waals surface area contributed by atoms with E-state index < -0.39 is 0 Å². The largest absolute Gasteiger partial charge is 0.504 e. The van der Waals surface area contributed by atoms with Gasteiger partial charge in [0.25, 0.3) is 0 Å². The van der Waals surface area contributed by atoms with Crippen molar-refractivity contribution in [3.8, 4) is 11.5 Å². The van der Waals surface area contributed by atoms with E-state index in [1.807, 2.05) is 6.07 Å². The molecule has 0 spiro atoms. The molecule has 156 valence electrons. The second-order valence-corrected chi connectivity index (χ2v) is 8.35. The highest BCUT2D eigenvalue weighted by atomic mass is 16.5. The number of phenolic OH excluding ortho intramolecular Hbond substituents is 1. The zero-order valence-electron chi connectivity index (χ0n) is 17.7. The molecule has 2 N–H and O–H groups in total. The molecule has 31 heavy (non-hydrogen) atoms. The molecule has 1 heterocycles. The van der Waals surface area contributed by atoms with Crippen LogP contribution in [-0.4, -0.2) is 18.4 Å². The van der Waals surface area contributed by atoms with E-state index >= 15 is 0 Å². The van der Waals surface area contributed by atoms with Crippen molar-refractivity contribution in [3.63, 3.8) is 0 Å². The molecule has 3 aromatic carbocycles. The van der Waals surface area contributed by atoms with Gasteiger partial charge in [0.05, 0.1) is 18.8 Å². The number of ether oxygens (including phenoxy) is 1. The number of methoxy groups -OCH3 is 1. The third kappa shape index (κ3) is 3.70. The van der Waals surface area contributed by atoms with Crippen LogP contribution >= 0.6 is 0 Å². The van der Waals surface area contributed by atoms with Crippen LogP contribution in [0.1, 0.15) is 40.6 Å². The zero-order chi connectivity index (χ0) is 21.4. The summed E-state index contributed by atoms with van der Waals surface area (Å²) >= 11 is 0. The van der Waals surface area contributed by atoms with Gasteiger partial charge in [-0.25, -0.2) is 0 Å². The van der Waals surface area contributed by atoms with Gasteiger partial charge >= 0.3 is 0 Å². The molecule has 2 aliphatic rings. The maximum absolute atomic E-state index is 9.73. The van der Waals surface area contributed by atoms with E-state index in [1.165, 1.54) is 29.5 Å². The molecule has 0 unspecified atom stereocenters. The van der Waals surface area contributed by atoms with Crippen molar-refractivity contribution in [1.29, 1.82) is 0 Å². The number of fused-ring (bicyclic) bond motifs is 3. The fourth-order valence-electron chi connectivity index (χ4n) is 4.74. The Hall–Kier alpha value is -3.53. The number of hydrogen-bond donors (Lipinski definition) is 2. The Bertz CT molecular complexity index is 1160. The van der Waals surface area contributed by atoms with Gasteiger partial charge in [-0.3, -0.25) is 4.99 Å². The van der Waals surface area contributed by atoms with Gasteiger partial charge in [0.15, 0.2) is 11.5 Å².